The summed E-state index contributed by atoms with van der Waals surface area (Å²) in [4.78, 5) is 16.0. The lowest BCUT2D eigenvalue weighted by molar-refractivity contribution is 0.120. The molecule has 0 radical (unpaired) electrons. The predicted molar refractivity (Wildman–Crippen MR) is 114 cm³/mol. The summed E-state index contributed by atoms with van der Waals surface area (Å²) in [7, 11) is 1.52. The van der Waals surface area contributed by atoms with Gasteiger partial charge >= 0.3 is 0 Å². The van der Waals surface area contributed by atoms with Crippen LogP contribution < -0.4 is 15.0 Å². The van der Waals surface area contributed by atoms with Gasteiger partial charge in [0.1, 0.15) is 12.3 Å². The van der Waals surface area contributed by atoms with Crippen LogP contribution in [0.2, 0.25) is 5.02 Å². The molecule has 0 bridgehead atoms. The van der Waals surface area contributed by atoms with Gasteiger partial charge in [0, 0.05) is 23.5 Å². The van der Waals surface area contributed by atoms with Gasteiger partial charge in [-0.05, 0) is 45.0 Å². The van der Waals surface area contributed by atoms with E-state index in [2.05, 4.69) is 4.98 Å². The highest BCUT2D eigenvalue weighted by Gasteiger charge is 2.10. The van der Waals surface area contributed by atoms with E-state index in [9.17, 15) is 9.90 Å². The van der Waals surface area contributed by atoms with Crippen LogP contribution in [0.15, 0.2) is 59.7 Å². The number of nitrogens with zero attached hydrogens (tertiary/aromatic N) is 2. The number of aryl methyl sites for hydroxylation is 2. The molecule has 3 aromatic rings. The lowest BCUT2D eigenvalue weighted by Crippen LogP contribution is -2.21. The molecule has 0 fully saturated rings. The van der Waals surface area contributed by atoms with E-state index in [-0.39, 0.29) is 12.2 Å². The molecule has 1 N–H and O–H groups in total. The number of halogens is 1. The molecule has 0 spiro atoms. The maximum atomic E-state index is 12.1. The van der Waals surface area contributed by atoms with E-state index in [0.717, 1.165) is 5.02 Å². The minimum atomic E-state index is -0.570. The van der Waals surface area contributed by atoms with Gasteiger partial charge in [0.05, 0.1) is 18.9 Å². The number of aromatic nitrogens is 2. The molecule has 154 valence electrons. The lowest BCUT2D eigenvalue weighted by Gasteiger charge is -2.14. The average molecular weight is 417 g/mol. The summed E-state index contributed by atoms with van der Waals surface area (Å²) in [6, 6.07) is 12.9. The molecule has 3 rings (SSSR count). The van der Waals surface area contributed by atoms with Crippen LogP contribution in [0, 0.1) is 13.8 Å². The normalized spacial score (nSPS) is 11.2. The molecule has 0 aliphatic carbocycles. The van der Waals surface area contributed by atoms with Crippen molar-refractivity contribution in [2.45, 2.75) is 26.9 Å². The fourth-order valence-electron chi connectivity index (χ4n) is 2.38. The summed E-state index contributed by atoms with van der Waals surface area (Å²) in [5.41, 5.74) is 2.14. The van der Waals surface area contributed by atoms with Crippen molar-refractivity contribution in [2.24, 2.45) is 0 Å². The highest BCUT2D eigenvalue weighted by Crippen LogP contribution is 2.29. The second-order valence-corrected chi connectivity index (χ2v) is 6.91. The standard InChI is InChI=1S/C15H18N2O4.C7H7Cl/c1-10(18)9-21-13-5-4-12(8-14(13)20-3)17-7-6-16-11(2)15(17)19;1-6-2-4-7(8)5-3-6/h4-8,10,18H,9H2,1-3H3;2-5H,1H3/t10-;/m1./s1. The summed E-state index contributed by atoms with van der Waals surface area (Å²) in [6.45, 7) is 5.51. The Labute approximate surface area is 175 Å². The van der Waals surface area contributed by atoms with Crippen LogP contribution in [-0.2, 0) is 0 Å². The molecule has 0 amide bonds. The second-order valence-electron chi connectivity index (χ2n) is 6.48. The molecular formula is C22H25ClN2O4. The molecule has 0 unspecified atom stereocenters. The molecule has 1 atom stereocenters. The van der Waals surface area contributed by atoms with Gasteiger partial charge in [-0.2, -0.15) is 0 Å². The van der Waals surface area contributed by atoms with Gasteiger partial charge in [-0.25, -0.2) is 0 Å². The van der Waals surface area contributed by atoms with Gasteiger partial charge in [-0.1, -0.05) is 29.3 Å². The van der Waals surface area contributed by atoms with Crippen LogP contribution in [0.1, 0.15) is 18.2 Å². The Morgan fingerprint density at radius 3 is 2.41 bits per heavy atom. The van der Waals surface area contributed by atoms with Crippen LogP contribution in [0.4, 0.5) is 0 Å². The Morgan fingerprint density at radius 2 is 1.83 bits per heavy atom. The van der Waals surface area contributed by atoms with E-state index in [0.29, 0.717) is 22.9 Å². The number of hydrogen-bond donors (Lipinski definition) is 1. The first-order valence-corrected chi connectivity index (χ1v) is 9.45. The van der Waals surface area contributed by atoms with Crippen LogP contribution >= 0.6 is 11.6 Å². The summed E-state index contributed by atoms with van der Waals surface area (Å²) < 4.78 is 12.2. The van der Waals surface area contributed by atoms with Crippen LogP contribution in [0.25, 0.3) is 5.69 Å². The van der Waals surface area contributed by atoms with E-state index in [1.165, 1.54) is 17.2 Å². The van der Waals surface area contributed by atoms with Gasteiger partial charge < -0.3 is 14.6 Å². The first-order valence-electron chi connectivity index (χ1n) is 9.07. The van der Waals surface area contributed by atoms with Gasteiger partial charge in [0.15, 0.2) is 11.5 Å². The molecular weight excluding hydrogens is 392 g/mol. The summed E-state index contributed by atoms with van der Waals surface area (Å²) in [5.74, 6) is 1.01. The number of benzene rings is 2. The SMILES string of the molecule is COc1cc(-n2ccnc(C)c2=O)ccc1OC[C@@H](C)O.Cc1ccc(Cl)cc1. The summed E-state index contributed by atoms with van der Waals surface area (Å²) in [5, 5.41) is 10.1. The third-order valence-corrected chi connectivity index (χ3v) is 4.18. The Bertz CT molecular complexity index is 964. The van der Waals surface area contributed by atoms with Crippen molar-refractivity contribution in [3.63, 3.8) is 0 Å². The molecule has 1 aromatic heterocycles. The molecule has 0 saturated heterocycles. The molecule has 0 aliphatic heterocycles. The van der Waals surface area contributed by atoms with Crippen molar-refractivity contribution in [2.75, 3.05) is 13.7 Å². The quantitative estimate of drug-likeness (QED) is 0.681. The molecule has 7 heteroatoms. The highest BCUT2D eigenvalue weighted by atomic mass is 35.5. The maximum Gasteiger partial charge on any atom is 0.276 e. The number of rotatable bonds is 5. The van der Waals surface area contributed by atoms with E-state index >= 15 is 0 Å². The lowest BCUT2D eigenvalue weighted by atomic mass is 10.2. The van der Waals surface area contributed by atoms with Crippen molar-refractivity contribution in [3.8, 4) is 17.2 Å². The van der Waals surface area contributed by atoms with Gasteiger partial charge in [-0.15, -0.1) is 0 Å². The molecule has 1 heterocycles. The number of ether oxygens (including phenoxy) is 2. The van der Waals surface area contributed by atoms with Crippen molar-refractivity contribution < 1.29 is 14.6 Å². The molecule has 2 aromatic carbocycles. The first kappa shape index (κ1) is 22.5. The minimum absolute atomic E-state index is 0.171. The number of hydrogen-bond acceptors (Lipinski definition) is 5. The Morgan fingerprint density at radius 1 is 1.14 bits per heavy atom. The van der Waals surface area contributed by atoms with Crippen LogP contribution in [0.5, 0.6) is 11.5 Å². The van der Waals surface area contributed by atoms with E-state index in [1.54, 1.807) is 44.4 Å². The zero-order valence-corrected chi connectivity index (χ0v) is 17.7. The van der Waals surface area contributed by atoms with Crippen LogP contribution in [0.3, 0.4) is 0 Å². The van der Waals surface area contributed by atoms with E-state index in [1.807, 2.05) is 31.2 Å². The van der Waals surface area contributed by atoms with Crippen LogP contribution in [-0.4, -0.2) is 34.5 Å². The Balaban J connectivity index is 0.000000313. The Hall–Kier alpha value is -2.83. The topological polar surface area (TPSA) is 73.6 Å². The van der Waals surface area contributed by atoms with Gasteiger partial charge in [0.2, 0.25) is 0 Å². The third-order valence-electron chi connectivity index (χ3n) is 3.93. The monoisotopic (exact) mass is 416 g/mol. The van der Waals surface area contributed by atoms with Crippen molar-refractivity contribution in [1.82, 2.24) is 9.55 Å². The predicted octanol–water partition coefficient (Wildman–Crippen LogP) is 3.96. The number of aliphatic hydroxyl groups is 1. The average Bonchev–Trinajstić information content (AvgIpc) is 2.71. The molecule has 6 nitrogen and oxygen atoms in total. The minimum Gasteiger partial charge on any atom is -0.493 e. The largest absolute Gasteiger partial charge is 0.493 e. The van der Waals surface area contributed by atoms with E-state index < -0.39 is 6.10 Å². The van der Waals surface area contributed by atoms with Crippen molar-refractivity contribution in [1.29, 1.82) is 0 Å². The van der Waals surface area contributed by atoms with Gasteiger partial charge in [0.25, 0.3) is 5.56 Å². The summed E-state index contributed by atoms with van der Waals surface area (Å²) in [6.07, 6.45) is 2.60. The number of aliphatic hydroxyl groups excluding tert-OH is 1. The zero-order valence-electron chi connectivity index (χ0n) is 16.9. The summed E-state index contributed by atoms with van der Waals surface area (Å²) >= 11 is 5.61. The fourth-order valence-corrected chi connectivity index (χ4v) is 2.51. The Kier molecular flexibility index (Phi) is 8.24. The third kappa shape index (κ3) is 6.62. The second kappa shape index (κ2) is 10.6. The first-order chi connectivity index (χ1) is 13.8. The maximum absolute atomic E-state index is 12.1. The molecule has 0 aliphatic rings. The van der Waals surface area contributed by atoms with Crippen molar-refractivity contribution >= 4 is 11.6 Å². The molecule has 0 saturated carbocycles. The highest BCUT2D eigenvalue weighted by molar-refractivity contribution is 6.30. The fraction of sp³-hybridized carbons (Fsp3) is 0.273. The number of methoxy groups -OCH3 is 1. The van der Waals surface area contributed by atoms with E-state index in [4.69, 9.17) is 21.1 Å². The van der Waals surface area contributed by atoms with Crippen molar-refractivity contribution in [3.05, 3.63) is 81.5 Å². The smallest absolute Gasteiger partial charge is 0.276 e. The van der Waals surface area contributed by atoms with Gasteiger partial charge in [-0.3, -0.25) is 14.3 Å². The zero-order chi connectivity index (χ0) is 21.4. The molecule has 29 heavy (non-hydrogen) atoms.